The second-order valence-electron chi connectivity index (χ2n) is 11.2. The number of hydrogen-bond donors (Lipinski definition) is 2. The standard InChI is InChI=1S/C29H45NO11/c1-9-17(3)14-36-26(33)39-21-12-11-20(13-22(21)40-27(34)37-15-18(4)10-2)23(24(30)25(31)32)19(5)16-38-28(35)41-29(6,7)8/h11-13,17-19,23-24H,9-10,14-16,30H2,1-8H3,(H,31,32)/t17?,18?,19?,23?,24-/m0/s1. The molecule has 0 heterocycles. The van der Waals surface area contributed by atoms with Crippen molar-refractivity contribution in [2.24, 2.45) is 23.5 Å². The van der Waals surface area contributed by atoms with Gasteiger partial charge in [-0.1, -0.05) is 53.5 Å². The number of carbonyl (C=O) groups excluding carboxylic acids is 3. The largest absolute Gasteiger partial charge is 0.513 e. The van der Waals surface area contributed by atoms with Crippen molar-refractivity contribution in [2.45, 2.75) is 85.8 Å². The highest BCUT2D eigenvalue weighted by atomic mass is 16.7. The third kappa shape index (κ3) is 13.1. The van der Waals surface area contributed by atoms with Gasteiger partial charge in [-0.2, -0.15) is 0 Å². The van der Waals surface area contributed by atoms with Gasteiger partial charge in [0, 0.05) is 5.92 Å². The maximum Gasteiger partial charge on any atom is 0.513 e. The van der Waals surface area contributed by atoms with E-state index in [1.165, 1.54) is 18.2 Å². The summed E-state index contributed by atoms with van der Waals surface area (Å²) in [6, 6.07) is 2.72. The number of carboxylic acid groups (broad SMARTS) is 1. The van der Waals surface area contributed by atoms with Crippen LogP contribution in [0.2, 0.25) is 0 Å². The van der Waals surface area contributed by atoms with Crippen molar-refractivity contribution in [1.82, 2.24) is 0 Å². The predicted octanol–water partition coefficient (Wildman–Crippen LogP) is 5.89. The number of aliphatic carboxylic acids is 1. The zero-order valence-corrected chi connectivity index (χ0v) is 25.3. The summed E-state index contributed by atoms with van der Waals surface area (Å²) in [6.45, 7) is 14.4. The molecule has 0 aliphatic heterocycles. The normalized spacial score (nSPS) is 15.0. The van der Waals surface area contributed by atoms with Crippen molar-refractivity contribution in [3.05, 3.63) is 23.8 Å². The molecule has 0 radical (unpaired) electrons. The monoisotopic (exact) mass is 583 g/mol. The van der Waals surface area contributed by atoms with Crippen LogP contribution < -0.4 is 15.2 Å². The number of carboxylic acids is 1. The number of hydrogen-bond acceptors (Lipinski definition) is 11. The molecule has 4 unspecified atom stereocenters. The van der Waals surface area contributed by atoms with Gasteiger partial charge in [0.25, 0.3) is 0 Å². The molecule has 0 fully saturated rings. The predicted molar refractivity (Wildman–Crippen MR) is 149 cm³/mol. The first-order valence-corrected chi connectivity index (χ1v) is 13.7. The molecule has 1 aromatic rings. The summed E-state index contributed by atoms with van der Waals surface area (Å²) in [5, 5.41) is 9.70. The molecular formula is C29H45NO11. The zero-order chi connectivity index (χ0) is 31.3. The molecule has 12 nitrogen and oxygen atoms in total. The van der Waals surface area contributed by atoms with Gasteiger partial charge in [-0.05, 0) is 56.2 Å². The van der Waals surface area contributed by atoms with E-state index in [1.54, 1.807) is 27.7 Å². The van der Waals surface area contributed by atoms with E-state index >= 15 is 0 Å². The Bertz CT molecular complexity index is 1020. The second kappa shape index (κ2) is 16.7. The first-order valence-electron chi connectivity index (χ1n) is 13.7. The Morgan fingerprint density at radius 1 is 0.805 bits per heavy atom. The minimum atomic E-state index is -1.43. The molecule has 41 heavy (non-hydrogen) atoms. The van der Waals surface area contributed by atoms with Gasteiger partial charge in [-0.25, -0.2) is 14.4 Å². The highest BCUT2D eigenvalue weighted by molar-refractivity contribution is 5.75. The summed E-state index contributed by atoms with van der Waals surface area (Å²) < 4.78 is 31.3. The van der Waals surface area contributed by atoms with Crippen LogP contribution >= 0.6 is 0 Å². The molecule has 0 amide bonds. The SMILES string of the molecule is CCC(C)COC(=O)Oc1ccc(C(C(C)COC(=O)OC(C)(C)C)[C@H](N)C(=O)O)cc1OC(=O)OCC(C)CC. The molecule has 3 N–H and O–H groups in total. The Kier molecular flexibility index (Phi) is 14.4. The molecule has 0 bridgehead atoms. The van der Waals surface area contributed by atoms with E-state index in [2.05, 4.69) is 0 Å². The molecule has 0 saturated carbocycles. The van der Waals surface area contributed by atoms with E-state index in [1.807, 2.05) is 27.7 Å². The zero-order valence-electron chi connectivity index (χ0n) is 25.3. The summed E-state index contributed by atoms with van der Waals surface area (Å²) in [4.78, 5) is 48.8. The molecule has 0 spiro atoms. The maximum absolute atomic E-state index is 12.5. The van der Waals surface area contributed by atoms with Crippen LogP contribution in [0.3, 0.4) is 0 Å². The lowest BCUT2D eigenvalue weighted by molar-refractivity contribution is -0.139. The Labute approximate surface area is 241 Å². The molecule has 0 aliphatic rings. The van der Waals surface area contributed by atoms with Gasteiger partial charge in [0.1, 0.15) is 11.6 Å². The van der Waals surface area contributed by atoms with Gasteiger partial charge in [0.05, 0.1) is 19.8 Å². The van der Waals surface area contributed by atoms with E-state index in [9.17, 15) is 24.3 Å². The summed E-state index contributed by atoms with van der Waals surface area (Å²) in [7, 11) is 0. The van der Waals surface area contributed by atoms with Gasteiger partial charge >= 0.3 is 24.4 Å². The summed E-state index contributed by atoms with van der Waals surface area (Å²) >= 11 is 0. The molecule has 232 valence electrons. The van der Waals surface area contributed by atoms with Crippen LogP contribution in [-0.4, -0.2) is 61.0 Å². The lowest BCUT2D eigenvalue weighted by Gasteiger charge is -2.28. The fraction of sp³-hybridized carbons (Fsp3) is 0.655. The average molecular weight is 584 g/mol. The Hall–Kier alpha value is -3.54. The van der Waals surface area contributed by atoms with Crippen LogP contribution in [0.5, 0.6) is 11.5 Å². The number of carbonyl (C=O) groups is 4. The topological polar surface area (TPSA) is 170 Å². The summed E-state index contributed by atoms with van der Waals surface area (Å²) in [6.07, 6.45) is -1.40. The van der Waals surface area contributed by atoms with E-state index in [-0.39, 0.29) is 43.2 Å². The average Bonchev–Trinajstić information content (AvgIpc) is 2.89. The quantitative estimate of drug-likeness (QED) is 0.151. The van der Waals surface area contributed by atoms with Crippen molar-refractivity contribution in [3.8, 4) is 11.5 Å². The third-order valence-corrected chi connectivity index (χ3v) is 6.24. The van der Waals surface area contributed by atoms with Gasteiger partial charge in [0.15, 0.2) is 11.5 Å². The van der Waals surface area contributed by atoms with Crippen molar-refractivity contribution in [3.63, 3.8) is 0 Å². The van der Waals surface area contributed by atoms with Crippen molar-refractivity contribution in [2.75, 3.05) is 19.8 Å². The van der Waals surface area contributed by atoms with Crippen LogP contribution in [0, 0.1) is 17.8 Å². The minimum absolute atomic E-state index is 0.0870. The van der Waals surface area contributed by atoms with Gasteiger partial charge in [-0.3, -0.25) is 4.79 Å². The second-order valence-corrected chi connectivity index (χ2v) is 11.2. The van der Waals surface area contributed by atoms with E-state index < -0.39 is 47.9 Å². The fourth-order valence-electron chi connectivity index (χ4n) is 3.42. The summed E-state index contributed by atoms with van der Waals surface area (Å²) in [5.41, 5.74) is 5.59. The van der Waals surface area contributed by atoms with Crippen LogP contribution in [0.4, 0.5) is 14.4 Å². The minimum Gasteiger partial charge on any atom is -0.480 e. The van der Waals surface area contributed by atoms with Crippen molar-refractivity contribution >= 4 is 24.4 Å². The fourth-order valence-corrected chi connectivity index (χ4v) is 3.42. The van der Waals surface area contributed by atoms with Crippen LogP contribution in [0.25, 0.3) is 0 Å². The van der Waals surface area contributed by atoms with Gasteiger partial charge in [0.2, 0.25) is 0 Å². The third-order valence-electron chi connectivity index (χ3n) is 6.24. The van der Waals surface area contributed by atoms with E-state index in [0.717, 1.165) is 12.8 Å². The molecule has 0 aromatic heterocycles. The lowest BCUT2D eigenvalue weighted by Crippen LogP contribution is -2.41. The molecular weight excluding hydrogens is 538 g/mol. The van der Waals surface area contributed by atoms with Crippen molar-refractivity contribution in [1.29, 1.82) is 0 Å². The van der Waals surface area contributed by atoms with Crippen LogP contribution in [0.1, 0.15) is 79.7 Å². The highest BCUT2D eigenvalue weighted by Gasteiger charge is 2.33. The van der Waals surface area contributed by atoms with Gasteiger partial charge in [-0.15, -0.1) is 0 Å². The molecule has 0 aliphatic carbocycles. The molecule has 5 atom stereocenters. The van der Waals surface area contributed by atoms with Gasteiger partial charge < -0.3 is 39.3 Å². The molecule has 1 aromatic carbocycles. The number of benzene rings is 1. The van der Waals surface area contributed by atoms with Crippen LogP contribution in [-0.2, 0) is 23.7 Å². The van der Waals surface area contributed by atoms with Crippen LogP contribution in [0.15, 0.2) is 18.2 Å². The lowest BCUT2D eigenvalue weighted by atomic mass is 9.82. The first-order chi connectivity index (χ1) is 19.1. The molecule has 0 saturated heterocycles. The van der Waals surface area contributed by atoms with E-state index in [4.69, 9.17) is 34.2 Å². The number of nitrogens with two attached hydrogens (primary N) is 1. The summed E-state index contributed by atoms with van der Waals surface area (Å²) in [5.74, 6) is -3.00. The Balaban J connectivity index is 3.32. The van der Waals surface area contributed by atoms with Crippen molar-refractivity contribution < 1.29 is 52.7 Å². The van der Waals surface area contributed by atoms with E-state index in [0.29, 0.717) is 5.56 Å². The Morgan fingerprint density at radius 3 is 1.76 bits per heavy atom. The highest BCUT2D eigenvalue weighted by Crippen LogP contribution is 2.36. The Morgan fingerprint density at radius 2 is 1.29 bits per heavy atom. The number of ether oxygens (including phenoxy) is 6. The smallest absolute Gasteiger partial charge is 0.480 e. The molecule has 1 rings (SSSR count). The first kappa shape index (κ1) is 35.5. The maximum atomic E-state index is 12.5. The molecule has 12 heteroatoms. The number of rotatable bonds is 14.